The molecular formula is C11H21N3S. The Balaban J connectivity index is 1.89. The molecule has 1 unspecified atom stereocenters. The molecule has 1 rings (SSSR count). The Hall–Kier alpha value is -0.450. The molecule has 0 aliphatic heterocycles. The predicted octanol–water partition coefficient (Wildman–Crippen LogP) is 1.66. The van der Waals surface area contributed by atoms with Gasteiger partial charge in [0.25, 0.3) is 0 Å². The average Bonchev–Trinajstić information content (AvgIpc) is 2.75. The van der Waals surface area contributed by atoms with Gasteiger partial charge in [-0.05, 0) is 13.3 Å². The largest absolute Gasteiger partial charge is 0.315 e. The Bertz CT molecular complexity index is 236. The third kappa shape index (κ3) is 5.87. The van der Waals surface area contributed by atoms with Gasteiger partial charge in [0.15, 0.2) is 0 Å². The second-order valence-corrected chi connectivity index (χ2v) is 4.67. The number of rotatable bonds is 8. The maximum absolute atomic E-state index is 4.24. The molecule has 1 aromatic rings. The summed E-state index contributed by atoms with van der Waals surface area (Å²) >= 11 is 1.73. The molecule has 0 bridgehead atoms. The molecule has 1 aromatic heterocycles. The van der Waals surface area contributed by atoms with E-state index in [-0.39, 0.29) is 0 Å². The maximum atomic E-state index is 4.24. The van der Waals surface area contributed by atoms with E-state index in [4.69, 9.17) is 0 Å². The van der Waals surface area contributed by atoms with E-state index in [1.165, 1.54) is 11.4 Å². The Morgan fingerprint density at radius 1 is 1.40 bits per heavy atom. The Labute approximate surface area is 96.3 Å². The van der Waals surface area contributed by atoms with Gasteiger partial charge in [0.1, 0.15) is 0 Å². The molecule has 15 heavy (non-hydrogen) atoms. The van der Waals surface area contributed by atoms with Crippen molar-refractivity contribution in [3.05, 3.63) is 16.6 Å². The second kappa shape index (κ2) is 7.79. The van der Waals surface area contributed by atoms with Crippen LogP contribution in [0, 0.1) is 0 Å². The first-order chi connectivity index (χ1) is 7.33. The molecule has 4 heteroatoms. The van der Waals surface area contributed by atoms with Crippen molar-refractivity contribution in [1.29, 1.82) is 0 Å². The van der Waals surface area contributed by atoms with Crippen molar-refractivity contribution in [2.75, 3.05) is 19.6 Å². The van der Waals surface area contributed by atoms with Crippen LogP contribution in [0.5, 0.6) is 0 Å². The zero-order valence-electron chi connectivity index (χ0n) is 9.62. The van der Waals surface area contributed by atoms with Gasteiger partial charge >= 0.3 is 0 Å². The quantitative estimate of drug-likeness (QED) is 0.663. The normalized spacial score (nSPS) is 12.9. The first kappa shape index (κ1) is 12.6. The van der Waals surface area contributed by atoms with Crippen LogP contribution in [0.3, 0.4) is 0 Å². The number of nitrogens with zero attached hydrogens (tertiary/aromatic N) is 1. The van der Waals surface area contributed by atoms with Crippen LogP contribution in [0.1, 0.15) is 25.3 Å². The van der Waals surface area contributed by atoms with Crippen LogP contribution in [0.2, 0.25) is 0 Å². The van der Waals surface area contributed by atoms with Crippen LogP contribution in [-0.4, -0.2) is 30.7 Å². The van der Waals surface area contributed by atoms with E-state index in [2.05, 4.69) is 29.5 Å². The summed E-state index contributed by atoms with van der Waals surface area (Å²) in [6.45, 7) is 7.53. The second-order valence-electron chi connectivity index (χ2n) is 3.69. The predicted molar refractivity (Wildman–Crippen MR) is 66.4 cm³/mol. The lowest BCUT2D eigenvalue weighted by atomic mass is 10.2. The fraction of sp³-hybridized carbons (Fsp3) is 0.727. The Morgan fingerprint density at radius 2 is 2.27 bits per heavy atom. The van der Waals surface area contributed by atoms with Gasteiger partial charge in [0.2, 0.25) is 0 Å². The standard InChI is InChI=1S/C11H21N3S/c1-3-10(2)13-7-6-12-5-4-11-14-8-9-15-11/h8-10,12-13H,3-7H2,1-2H3. The van der Waals surface area contributed by atoms with Crippen molar-refractivity contribution in [2.24, 2.45) is 0 Å². The zero-order chi connectivity index (χ0) is 10.9. The average molecular weight is 227 g/mol. The molecular weight excluding hydrogens is 206 g/mol. The summed E-state index contributed by atoms with van der Waals surface area (Å²) in [5.41, 5.74) is 0. The first-order valence-corrected chi connectivity index (χ1v) is 6.53. The van der Waals surface area contributed by atoms with E-state index >= 15 is 0 Å². The molecule has 0 radical (unpaired) electrons. The molecule has 86 valence electrons. The molecule has 1 atom stereocenters. The number of thiazole rings is 1. The molecule has 1 heterocycles. The first-order valence-electron chi connectivity index (χ1n) is 5.65. The Kier molecular flexibility index (Phi) is 6.55. The van der Waals surface area contributed by atoms with Gasteiger partial charge in [0, 0.05) is 43.7 Å². The van der Waals surface area contributed by atoms with Gasteiger partial charge in [-0.1, -0.05) is 6.92 Å². The Morgan fingerprint density at radius 3 is 2.93 bits per heavy atom. The van der Waals surface area contributed by atoms with E-state index in [1.807, 2.05) is 11.6 Å². The van der Waals surface area contributed by atoms with E-state index in [9.17, 15) is 0 Å². The van der Waals surface area contributed by atoms with Gasteiger partial charge in [0.05, 0.1) is 5.01 Å². The van der Waals surface area contributed by atoms with Crippen LogP contribution < -0.4 is 10.6 Å². The third-order valence-electron chi connectivity index (χ3n) is 2.41. The minimum Gasteiger partial charge on any atom is -0.315 e. The van der Waals surface area contributed by atoms with Crippen LogP contribution in [-0.2, 0) is 6.42 Å². The highest BCUT2D eigenvalue weighted by molar-refractivity contribution is 7.09. The molecule has 0 saturated carbocycles. The number of nitrogens with one attached hydrogen (secondary N) is 2. The van der Waals surface area contributed by atoms with Gasteiger partial charge in [-0.3, -0.25) is 0 Å². The van der Waals surface area contributed by atoms with Gasteiger partial charge < -0.3 is 10.6 Å². The number of hydrogen-bond donors (Lipinski definition) is 2. The lowest BCUT2D eigenvalue weighted by Crippen LogP contribution is -2.33. The van der Waals surface area contributed by atoms with Crippen molar-refractivity contribution in [2.45, 2.75) is 32.7 Å². The van der Waals surface area contributed by atoms with Crippen LogP contribution in [0.4, 0.5) is 0 Å². The van der Waals surface area contributed by atoms with Crippen LogP contribution in [0.15, 0.2) is 11.6 Å². The molecule has 0 saturated heterocycles. The molecule has 0 fully saturated rings. The topological polar surface area (TPSA) is 37.0 Å². The van der Waals surface area contributed by atoms with Crippen molar-refractivity contribution >= 4 is 11.3 Å². The minimum atomic E-state index is 0.630. The fourth-order valence-corrected chi connectivity index (χ4v) is 1.87. The summed E-state index contributed by atoms with van der Waals surface area (Å²) in [7, 11) is 0. The lowest BCUT2D eigenvalue weighted by molar-refractivity contribution is 0.518. The fourth-order valence-electron chi connectivity index (χ4n) is 1.25. The zero-order valence-corrected chi connectivity index (χ0v) is 10.4. The smallest absolute Gasteiger partial charge is 0.0937 e. The van der Waals surface area contributed by atoms with Crippen molar-refractivity contribution in [3.63, 3.8) is 0 Å². The molecule has 0 aliphatic carbocycles. The summed E-state index contributed by atoms with van der Waals surface area (Å²) in [6.07, 6.45) is 4.10. The summed E-state index contributed by atoms with van der Waals surface area (Å²) < 4.78 is 0. The third-order valence-corrected chi connectivity index (χ3v) is 3.25. The van der Waals surface area contributed by atoms with E-state index in [0.29, 0.717) is 6.04 Å². The molecule has 0 amide bonds. The van der Waals surface area contributed by atoms with Crippen LogP contribution in [0.25, 0.3) is 0 Å². The number of hydrogen-bond acceptors (Lipinski definition) is 4. The summed E-state index contributed by atoms with van der Waals surface area (Å²) in [6, 6.07) is 0.630. The molecule has 0 aliphatic rings. The molecule has 0 spiro atoms. The molecule has 0 aromatic carbocycles. The highest BCUT2D eigenvalue weighted by Crippen LogP contribution is 2.03. The van der Waals surface area contributed by atoms with Crippen molar-refractivity contribution in [3.8, 4) is 0 Å². The van der Waals surface area contributed by atoms with E-state index in [0.717, 1.165) is 26.1 Å². The summed E-state index contributed by atoms with van der Waals surface area (Å²) in [5.74, 6) is 0. The highest BCUT2D eigenvalue weighted by Gasteiger charge is 1.96. The molecule has 2 N–H and O–H groups in total. The van der Waals surface area contributed by atoms with Crippen molar-refractivity contribution < 1.29 is 0 Å². The van der Waals surface area contributed by atoms with E-state index < -0.39 is 0 Å². The van der Waals surface area contributed by atoms with E-state index in [1.54, 1.807) is 11.3 Å². The lowest BCUT2D eigenvalue weighted by Gasteiger charge is -2.11. The van der Waals surface area contributed by atoms with Gasteiger partial charge in [-0.2, -0.15) is 0 Å². The van der Waals surface area contributed by atoms with Crippen molar-refractivity contribution in [1.82, 2.24) is 15.6 Å². The number of aromatic nitrogens is 1. The highest BCUT2D eigenvalue weighted by atomic mass is 32.1. The van der Waals surface area contributed by atoms with Crippen LogP contribution >= 0.6 is 11.3 Å². The SMILES string of the molecule is CCC(C)NCCNCCc1nccs1. The molecule has 3 nitrogen and oxygen atoms in total. The van der Waals surface area contributed by atoms with Gasteiger partial charge in [-0.15, -0.1) is 11.3 Å². The summed E-state index contributed by atoms with van der Waals surface area (Å²) in [4.78, 5) is 4.24. The monoisotopic (exact) mass is 227 g/mol. The minimum absolute atomic E-state index is 0.630. The maximum Gasteiger partial charge on any atom is 0.0937 e. The summed E-state index contributed by atoms with van der Waals surface area (Å²) in [5, 5.41) is 10.1. The van der Waals surface area contributed by atoms with Gasteiger partial charge in [-0.25, -0.2) is 4.98 Å².